The molecule has 0 radical (unpaired) electrons. The summed E-state index contributed by atoms with van der Waals surface area (Å²) in [6.45, 7) is 0.745. The van der Waals surface area contributed by atoms with Gasteiger partial charge in [-0.05, 0) is 25.0 Å². The Bertz CT molecular complexity index is 1010. The van der Waals surface area contributed by atoms with E-state index < -0.39 is 11.9 Å². The van der Waals surface area contributed by atoms with Crippen molar-refractivity contribution in [2.24, 2.45) is 13.0 Å². The summed E-state index contributed by atoms with van der Waals surface area (Å²) in [5, 5.41) is 16.4. The Hall–Kier alpha value is -3.36. The summed E-state index contributed by atoms with van der Waals surface area (Å²) in [7, 11) is 1.82. The number of carbonyl (C=O) groups is 2. The van der Waals surface area contributed by atoms with Crippen LogP contribution in [0, 0.1) is 5.92 Å². The topological polar surface area (TPSA) is 105 Å². The molecule has 4 heterocycles. The van der Waals surface area contributed by atoms with Crippen LogP contribution in [0.2, 0.25) is 0 Å². The van der Waals surface area contributed by atoms with Crippen molar-refractivity contribution in [3.05, 3.63) is 36.8 Å². The minimum absolute atomic E-state index is 0.208. The minimum Gasteiger partial charge on any atom is -0.481 e. The highest BCUT2D eigenvalue weighted by Gasteiger charge is 2.29. The zero-order valence-electron chi connectivity index (χ0n) is 14.9. The number of hydrogen-bond acceptors (Lipinski definition) is 4. The molecular formula is C18H20N6O3. The van der Waals surface area contributed by atoms with Crippen molar-refractivity contribution in [2.45, 2.75) is 12.8 Å². The van der Waals surface area contributed by atoms with E-state index in [2.05, 4.69) is 15.4 Å². The third-order valence-corrected chi connectivity index (χ3v) is 4.79. The average Bonchev–Trinajstić information content (AvgIpc) is 3.25. The lowest BCUT2D eigenvalue weighted by Crippen LogP contribution is -2.44. The lowest BCUT2D eigenvalue weighted by Gasteiger charge is -2.30. The Morgan fingerprint density at radius 2 is 2.19 bits per heavy atom. The van der Waals surface area contributed by atoms with E-state index in [4.69, 9.17) is 0 Å². The molecule has 9 nitrogen and oxygen atoms in total. The molecule has 140 valence electrons. The lowest BCUT2D eigenvalue weighted by atomic mass is 9.99. The Morgan fingerprint density at radius 1 is 1.33 bits per heavy atom. The highest BCUT2D eigenvalue weighted by atomic mass is 16.4. The normalized spacial score (nSPS) is 17.2. The number of aromatic nitrogens is 4. The maximum absolute atomic E-state index is 12.8. The van der Waals surface area contributed by atoms with Crippen LogP contribution in [0.4, 0.5) is 10.6 Å². The Morgan fingerprint density at radius 3 is 2.93 bits per heavy atom. The number of pyridine rings is 1. The third-order valence-electron chi connectivity index (χ3n) is 4.79. The summed E-state index contributed by atoms with van der Waals surface area (Å²) in [6.07, 6.45) is 6.62. The molecule has 3 aromatic heterocycles. The summed E-state index contributed by atoms with van der Waals surface area (Å²) in [5.41, 5.74) is 2.11. The fourth-order valence-corrected chi connectivity index (χ4v) is 3.40. The molecule has 0 aliphatic carbocycles. The molecule has 1 aliphatic heterocycles. The number of aliphatic carboxylic acids is 1. The van der Waals surface area contributed by atoms with Gasteiger partial charge < -0.3 is 10.0 Å². The van der Waals surface area contributed by atoms with E-state index in [-0.39, 0.29) is 12.6 Å². The van der Waals surface area contributed by atoms with Crippen LogP contribution in [0.15, 0.2) is 36.8 Å². The van der Waals surface area contributed by atoms with Gasteiger partial charge in [0.2, 0.25) is 0 Å². The van der Waals surface area contributed by atoms with Crippen molar-refractivity contribution in [3.63, 3.8) is 0 Å². The average molecular weight is 368 g/mol. The second-order valence-electron chi connectivity index (χ2n) is 6.69. The second-order valence-corrected chi connectivity index (χ2v) is 6.69. The van der Waals surface area contributed by atoms with Crippen molar-refractivity contribution >= 4 is 23.5 Å². The zero-order valence-corrected chi connectivity index (χ0v) is 14.9. The SMILES string of the molecule is Cn1cc(-c2nc3ccccn3c2NC(=O)N2CCCC(C(=O)O)C2)cn1. The highest BCUT2D eigenvalue weighted by molar-refractivity contribution is 5.93. The number of imidazole rings is 1. The molecule has 2 amide bonds. The lowest BCUT2D eigenvalue weighted by molar-refractivity contribution is -0.143. The van der Waals surface area contributed by atoms with Crippen LogP contribution >= 0.6 is 0 Å². The van der Waals surface area contributed by atoms with Gasteiger partial charge in [0.25, 0.3) is 0 Å². The van der Waals surface area contributed by atoms with E-state index in [1.54, 1.807) is 20.2 Å². The number of carbonyl (C=O) groups excluding carboxylic acids is 1. The van der Waals surface area contributed by atoms with Gasteiger partial charge in [0.15, 0.2) is 0 Å². The number of fused-ring (bicyclic) bond motifs is 1. The predicted octanol–water partition coefficient (Wildman–Crippen LogP) is 2.06. The van der Waals surface area contributed by atoms with Crippen LogP contribution in [-0.2, 0) is 11.8 Å². The first-order valence-electron chi connectivity index (χ1n) is 8.78. The van der Waals surface area contributed by atoms with Gasteiger partial charge >= 0.3 is 12.0 Å². The van der Waals surface area contributed by atoms with Crippen molar-refractivity contribution in [1.29, 1.82) is 0 Å². The predicted molar refractivity (Wildman–Crippen MR) is 98.3 cm³/mol. The number of likely N-dealkylation sites (tertiary alicyclic amines) is 1. The van der Waals surface area contributed by atoms with Crippen LogP contribution in [0.25, 0.3) is 16.9 Å². The first kappa shape index (κ1) is 17.1. The van der Waals surface area contributed by atoms with Gasteiger partial charge in [-0.1, -0.05) is 6.07 Å². The van der Waals surface area contributed by atoms with E-state index in [1.165, 1.54) is 0 Å². The van der Waals surface area contributed by atoms with Crippen molar-refractivity contribution in [1.82, 2.24) is 24.1 Å². The standard InChI is InChI=1S/C18H20N6O3/c1-22-10-13(9-19-22)15-16(24-8-3-2-6-14(24)20-15)21-18(27)23-7-4-5-12(11-23)17(25)26/h2-3,6,8-10,12H,4-5,7,11H2,1H3,(H,21,27)(H,25,26). The van der Waals surface area contributed by atoms with Crippen LogP contribution in [-0.4, -0.2) is 54.3 Å². The van der Waals surface area contributed by atoms with E-state index in [9.17, 15) is 14.7 Å². The number of nitrogens with zero attached hydrogens (tertiary/aromatic N) is 5. The summed E-state index contributed by atoms with van der Waals surface area (Å²) in [4.78, 5) is 30.3. The van der Waals surface area contributed by atoms with Gasteiger partial charge in [0.05, 0.1) is 12.1 Å². The Labute approximate surface area is 155 Å². The van der Waals surface area contributed by atoms with Crippen molar-refractivity contribution < 1.29 is 14.7 Å². The maximum atomic E-state index is 12.8. The molecule has 1 aliphatic rings. The van der Waals surface area contributed by atoms with E-state index in [1.807, 2.05) is 37.6 Å². The summed E-state index contributed by atoms with van der Waals surface area (Å²) >= 11 is 0. The number of hydrogen-bond donors (Lipinski definition) is 2. The fourth-order valence-electron chi connectivity index (χ4n) is 3.40. The molecule has 0 aromatic carbocycles. The molecule has 1 unspecified atom stereocenters. The first-order chi connectivity index (χ1) is 13.0. The quantitative estimate of drug-likeness (QED) is 0.736. The molecular weight excluding hydrogens is 348 g/mol. The van der Waals surface area contributed by atoms with Gasteiger partial charge in [0.1, 0.15) is 17.2 Å². The summed E-state index contributed by atoms with van der Waals surface area (Å²) < 4.78 is 3.48. The third kappa shape index (κ3) is 3.23. The number of anilines is 1. The second kappa shape index (κ2) is 6.75. The number of rotatable bonds is 3. The molecule has 1 saturated heterocycles. The Kier molecular flexibility index (Phi) is 4.27. The van der Waals surface area contributed by atoms with Crippen molar-refractivity contribution in [2.75, 3.05) is 18.4 Å². The molecule has 0 saturated carbocycles. The summed E-state index contributed by atoms with van der Waals surface area (Å²) in [5.74, 6) is -0.844. The number of aryl methyl sites for hydroxylation is 1. The number of carboxylic acids is 1. The number of piperidine rings is 1. The number of nitrogens with one attached hydrogen (secondary N) is 1. The molecule has 0 spiro atoms. The van der Waals surface area contributed by atoms with Gasteiger partial charge in [-0.3, -0.25) is 19.2 Å². The first-order valence-corrected chi connectivity index (χ1v) is 8.78. The van der Waals surface area contributed by atoms with E-state index in [0.717, 1.165) is 5.56 Å². The molecule has 1 fully saturated rings. The highest BCUT2D eigenvalue weighted by Crippen LogP contribution is 2.29. The van der Waals surface area contributed by atoms with Gasteiger partial charge in [-0.25, -0.2) is 9.78 Å². The smallest absolute Gasteiger partial charge is 0.323 e. The fraction of sp³-hybridized carbons (Fsp3) is 0.333. The van der Waals surface area contributed by atoms with Crippen molar-refractivity contribution in [3.8, 4) is 11.3 Å². The maximum Gasteiger partial charge on any atom is 0.323 e. The molecule has 0 bridgehead atoms. The Balaban J connectivity index is 1.66. The zero-order chi connectivity index (χ0) is 19.0. The van der Waals surface area contributed by atoms with Crippen LogP contribution in [0.5, 0.6) is 0 Å². The molecule has 9 heteroatoms. The monoisotopic (exact) mass is 368 g/mol. The molecule has 27 heavy (non-hydrogen) atoms. The van der Waals surface area contributed by atoms with E-state index in [0.29, 0.717) is 36.5 Å². The van der Waals surface area contributed by atoms with Crippen LogP contribution in [0.3, 0.4) is 0 Å². The number of urea groups is 1. The number of carboxylic acid groups (broad SMARTS) is 1. The van der Waals surface area contributed by atoms with E-state index >= 15 is 0 Å². The van der Waals surface area contributed by atoms with Gasteiger partial charge in [-0.2, -0.15) is 5.10 Å². The molecule has 1 atom stereocenters. The number of amides is 2. The van der Waals surface area contributed by atoms with Gasteiger partial charge in [0, 0.05) is 38.1 Å². The van der Waals surface area contributed by atoms with Crippen LogP contribution < -0.4 is 5.32 Å². The molecule has 2 N–H and O–H groups in total. The van der Waals surface area contributed by atoms with Crippen LogP contribution in [0.1, 0.15) is 12.8 Å². The largest absolute Gasteiger partial charge is 0.481 e. The summed E-state index contributed by atoms with van der Waals surface area (Å²) in [6, 6.07) is 5.27. The molecule has 3 aromatic rings. The van der Waals surface area contributed by atoms with Gasteiger partial charge in [-0.15, -0.1) is 0 Å². The molecule has 4 rings (SSSR count). The minimum atomic E-state index is -0.863.